The lowest BCUT2D eigenvalue weighted by atomic mass is 9.88. The maximum absolute atomic E-state index is 12.3. The number of hydrogen-bond acceptors (Lipinski definition) is 6. The molecular formula is C17H19N3O4. The summed E-state index contributed by atoms with van der Waals surface area (Å²) in [5.41, 5.74) is 0.170. The van der Waals surface area contributed by atoms with Crippen LogP contribution in [-0.4, -0.2) is 52.2 Å². The van der Waals surface area contributed by atoms with Gasteiger partial charge in [-0.15, -0.1) is 0 Å². The molecular weight excluding hydrogens is 310 g/mol. The maximum Gasteiger partial charge on any atom is 0.275 e. The van der Waals surface area contributed by atoms with Crippen LogP contribution in [0.2, 0.25) is 0 Å². The standard InChI is InChI=1S/C17H19N3O4/c21-16(15-11-22-12-19-15)20-6-3-17(4-7-20)8-14(10-23-17)24-13-2-1-5-18-9-13/h1-2,5,9,11-12,14H,3-4,6-8,10H2. The van der Waals surface area contributed by atoms with E-state index in [0.717, 1.165) is 25.0 Å². The molecule has 0 radical (unpaired) electrons. The molecule has 2 fully saturated rings. The zero-order valence-corrected chi connectivity index (χ0v) is 13.3. The first kappa shape index (κ1) is 15.1. The van der Waals surface area contributed by atoms with E-state index < -0.39 is 0 Å². The maximum atomic E-state index is 12.3. The molecule has 2 aromatic rings. The predicted octanol–water partition coefficient (Wildman–Crippen LogP) is 1.91. The van der Waals surface area contributed by atoms with Gasteiger partial charge in [0.2, 0.25) is 0 Å². The molecule has 0 saturated carbocycles. The minimum atomic E-state index is -0.187. The highest BCUT2D eigenvalue weighted by molar-refractivity contribution is 5.91. The molecule has 0 N–H and O–H groups in total. The van der Waals surface area contributed by atoms with Crippen LogP contribution in [0.3, 0.4) is 0 Å². The summed E-state index contributed by atoms with van der Waals surface area (Å²) in [7, 11) is 0. The van der Waals surface area contributed by atoms with E-state index in [4.69, 9.17) is 13.9 Å². The first-order chi connectivity index (χ1) is 11.7. The van der Waals surface area contributed by atoms with Crippen LogP contribution in [-0.2, 0) is 4.74 Å². The molecule has 2 aliphatic rings. The van der Waals surface area contributed by atoms with E-state index in [1.807, 2.05) is 17.0 Å². The highest BCUT2D eigenvalue weighted by Gasteiger charge is 2.44. The lowest BCUT2D eigenvalue weighted by Gasteiger charge is -2.38. The zero-order chi connectivity index (χ0) is 16.4. The van der Waals surface area contributed by atoms with Crippen molar-refractivity contribution in [3.63, 3.8) is 0 Å². The largest absolute Gasteiger partial charge is 0.486 e. The summed E-state index contributed by atoms with van der Waals surface area (Å²) in [6, 6.07) is 3.76. The lowest BCUT2D eigenvalue weighted by molar-refractivity contribution is -0.0396. The summed E-state index contributed by atoms with van der Waals surface area (Å²) >= 11 is 0. The SMILES string of the molecule is O=C(c1cocn1)N1CCC2(CC1)CC(Oc1cccnc1)CO2. The van der Waals surface area contributed by atoms with Gasteiger partial charge in [0.05, 0.1) is 18.4 Å². The Morgan fingerprint density at radius 2 is 2.25 bits per heavy atom. The van der Waals surface area contributed by atoms with E-state index in [1.165, 1.54) is 12.7 Å². The van der Waals surface area contributed by atoms with Gasteiger partial charge < -0.3 is 18.8 Å². The molecule has 2 aromatic heterocycles. The molecule has 1 unspecified atom stereocenters. The third-order valence-corrected chi connectivity index (χ3v) is 4.73. The van der Waals surface area contributed by atoms with E-state index in [-0.39, 0.29) is 17.6 Å². The second-order valence-corrected chi connectivity index (χ2v) is 6.29. The Balaban J connectivity index is 1.33. The summed E-state index contributed by atoms with van der Waals surface area (Å²) in [5, 5.41) is 0. The van der Waals surface area contributed by atoms with Gasteiger partial charge >= 0.3 is 0 Å². The van der Waals surface area contributed by atoms with Crippen LogP contribution in [0.4, 0.5) is 0 Å². The molecule has 2 saturated heterocycles. The Bertz CT molecular complexity index is 681. The van der Waals surface area contributed by atoms with Gasteiger partial charge in [-0.1, -0.05) is 0 Å². The number of hydrogen-bond donors (Lipinski definition) is 0. The molecule has 0 aliphatic carbocycles. The minimum Gasteiger partial charge on any atom is -0.486 e. The molecule has 0 bridgehead atoms. The van der Waals surface area contributed by atoms with Gasteiger partial charge in [0, 0.05) is 25.7 Å². The molecule has 4 heterocycles. The number of piperidine rings is 1. The van der Waals surface area contributed by atoms with Crippen molar-refractivity contribution in [1.82, 2.24) is 14.9 Å². The monoisotopic (exact) mass is 329 g/mol. The number of rotatable bonds is 3. The summed E-state index contributed by atoms with van der Waals surface area (Å²) in [6.45, 7) is 1.89. The molecule has 1 atom stereocenters. The van der Waals surface area contributed by atoms with Crippen molar-refractivity contribution in [2.75, 3.05) is 19.7 Å². The van der Waals surface area contributed by atoms with Gasteiger partial charge in [0.15, 0.2) is 12.1 Å². The van der Waals surface area contributed by atoms with Crippen molar-refractivity contribution in [3.8, 4) is 5.75 Å². The molecule has 126 valence electrons. The van der Waals surface area contributed by atoms with Gasteiger partial charge in [-0.05, 0) is 25.0 Å². The van der Waals surface area contributed by atoms with Crippen molar-refractivity contribution in [2.45, 2.75) is 31.0 Å². The Morgan fingerprint density at radius 1 is 1.38 bits per heavy atom. The number of amides is 1. The third-order valence-electron chi connectivity index (χ3n) is 4.73. The van der Waals surface area contributed by atoms with Crippen molar-refractivity contribution in [3.05, 3.63) is 42.9 Å². The predicted molar refractivity (Wildman–Crippen MR) is 83.6 cm³/mol. The first-order valence-electron chi connectivity index (χ1n) is 8.12. The number of aromatic nitrogens is 2. The number of nitrogens with zero attached hydrogens (tertiary/aromatic N) is 3. The molecule has 1 amide bonds. The Labute approximate surface area is 139 Å². The molecule has 7 heteroatoms. The molecule has 24 heavy (non-hydrogen) atoms. The fourth-order valence-corrected chi connectivity index (χ4v) is 3.43. The van der Waals surface area contributed by atoms with E-state index >= 15 is 0 Å². The van der Waals surface area contributed by atoms with Crippen molar-refractivity contribution in [2.24, 2.45) is 0 Å². The van der Waals surface area contributed by atoms with E-state index in [9.17, 15) is 4.79 Å². The van der Waals surface area contributed by atoms with Crippen molar-refractivity contribution < 1.29 is 18.7 Å². The average Bonchev–Trinajstić information content (AvgIpc) is 3.27. The number of oxazole rings is 1. The molecule has 0 aromatic carbocycles. The second-order valence-electron chi connectivity index (χ2n) is 6.29. The Hall–Kier alpha value is -2.41. The van der Waals surface area contributed by atoms with Crippen LogP contribution in [0.15, 0.2) is 41.6 Å². The third kappa shape index (κ3) is 2.99. The van der Waals surface area contributed by atoms with Crippen LogP contribution in [0.25, 0.3) is 0 Å². The van der Waals surface area contributed by atoms with Crippen LogP contribution in [0.5, 0.6) is 5.75 Å². The summed E-state index contributed by atoms with van der Waals surface area (Å²) < 4.78 is 16.9. The minimum absolute atomic E-state index is 0.0343. The van der Waals surface area contributed by atoms with Gasteiger partial charge in [-0.25, -0.2) is 4.98 Å². The number of carbonyl (C=O) groups is 1. The summed E-state index contributed by atoms with van der Waals surface area (Å²) in [5.74, 6) is 0.682. The highest BCUT2D eigenvalue weighted by Crippen LogP contribution is 2.37. The van der Waals surface area contributed by atoms with E-state index in [2.05, 4.69) is 9.97 Å². The number of pyridine rings is 1. The second kappa shape index (κ2) is 6.24. The molecule has 2 aliphatic heterocycles. The first-order valence-corrected chi connectivity index (χ1v) is 8.12. The van der Waals surface area contributed by atoms with Crippen LogP contribution >= 0.6 is 0 Å². The summed E-state index contributed by atoms with van der Waals surface area (Å²) in [4.78, 5) is 22.1. The van der Waals surface area contributed by atoms with Gasteiger partial charge in [-0.2, -0.15) is 0 Å². The summed E-state index contributed by atoms with van der Waals surface area (Å²) in [6.07, 6.45) is 8.59. The normalized spacial score (nSPS) is 22.7. The van der Waals surface area contributed by atoms with E-state index in [0.29, 0.717) is 25.4 Å². The lowest BCUT2D eigenvalue weighted by Crippen LogP contribution is -2.46. The fourth-order valence-electron chi connectivity index (χ4n) is 3.43. The smallest absolute Gasteiger partial charge is 0.275 e. The van der Waals surface area contributed by atoms with Crippen molar-refractivity contribution in [1.29, 1.82) is 0 Å². The Morgan fingerprint density at radius 3 is 2.96 bits per heavy atom. The quantitative estimate of drug-likeness (QED) is 0.856. The van der Waals surface area contributed by atoms with Crippen LogP contribution in [0, 0.1) is 0 Å². The van der Waals surface area contributed by atoms with Crippen LogP contribution < -0.4 is 4.74 Å². The number of likely N-dealkylation sites (tertiary alicyclic amines) is 1. The molecule has 7 nitrogen and oxygen atoms in total. The number of carbonyl (C=O) groups excluding carboxylic acids is 1. The molecule has 4 rings (SSSR count). The fraction of sp³-hybridized carbons (Fsp3) is 0.471. The number of ether oxygens (including phenoxy) is 2. The van der Waals surface area contributed by atoms with Crippen molar-refractivity contribution >= 4 is 5.91 Å². The Kier molecular flexibility index (Phi) is 3.93. The highest BCUT2D eigenvalue weighted by atomic mass is 16.6. The van der Waals surface area contributed by atoms with Crippen LogP contribution in [0.1, 0.15) is 29.8 Å². The topological polar surface area (TPSA) is 77.7 Å². The van der Waals surface area contributed by atoms with E-state index in [1.54, 1.807) is 12.4 Å². The van der Waals surface area contributed by atoms with Gasteiger partial charge in [-0.3, -0.25) is 9.78 Å². The average molecular weight is 329 g/mol. The zero-order valence-electron chi connectivity index (χ0n) is 13.3. The van der Waals surface area contributed by atoms with Gasteiger partial charge in [0.1, 0.15) is 18.1 Å². The molecule has 1 spiro atoms. The van der Waals surface area contributed by atoms with Gasteiger partial charge in [0.25, 0.3) is 5.91 Å².